The third-order valence-electron chi connectivity index (χ3n) is 5.25. The van der Waals surface area contributed by atoms with Crippen molar-refractivity contribution in [3.05, 3.63) is 60.4 Å². The van der Waals surface area contributed by atoms with Crippen LogP contribution in [-0.2, 0) is 11.2 Å². The number of hydrogen-bond acceptors (Lipinski definition) is 7. The lowest BCUT2D eigenvalue weighted by molar-refractivity contribution is -0.131. The first kappa shape index (κ1) is 19.9. The van der Waals surface area contributed by atoms with Gasteiger partial charge in [-0.1, -0.05) is 6.07 Å². The van der Waals surface area contributed by atoms with Gasteiger partial charge >= 0.3 is 0 Å². The fraction of sp³-hybridized carbons (Fsp3) is 0.364. The van der Waals surface area contributed by atoms with E-state index in [2.05, 4.69) is 19.9 Å². The molecule has 1 saturated heterocycles. The molecular formula is C22H25N7O. The minimum absolute atomic E-state index is 0.128. The monoisotopic (exact) mass is 403 g/mol. The van der Waals surface area contributed by atoms with Gasteiger partial charge in [-0.05, 0) is 24.5 Å². The first-order valence-electron chi connectivity index (χ1n) is 10.1. The Kier molecular flexibility index (Phi) is 5.92. The molecule has 1 aliphatic rings. The van der Waals surface area contributed by atoms with E-state index >= 15 is 0 Å². The summed E-state index contributed by atoms with van der Waals surface area (Å²) in [6.45, 7) is 1.43. The highest BCUT2D eigenvalue weighted by molar-refractivity contribution is 5.78. The van der Waals surface area contributed by atoms with Crippen molar-refractivity contribution >= 4 is 11.7 Å². The maximum Gasteiger partial charge on any atom is 0.227 e. The van der Waals surface area contributed by atoms with Gasteiger partial charge in [-0.2, -0.15) is 0 Å². The van der Waals surface area contributed by atoms with Crippen LogP contribution in [0.1, 0.15) is 30.0 Å². The number of carbonyl (C=O) groups excluding carboxylic acids is 1. The van der Waals surface area contributed by atoms with Crippen LogP contribution < -0.4 is 4.90 Å². The van der Waals surface area contributed by atoms with Crippen molar-refractivity contribution in [3.63, 3.8) is 0 Å². The van der Waals surface area contributed by atoms with Gasteiger partial charge in [0.15, 0.2) is 5.82 Å². The molecule has 8 heteroatoms. The molecule has 1 fully saturated rings. The van der Waals surface area contributed by atoms with Crippen LogP contribution in [0.3, 0.4) is 0 Å². The van der Waals surface area contributed by atoms with Gasteiger partial charge < -0.3 is 9.80 Å². The minimum Gasteiger partial charge on any atom is -0.363 e. The van der Waals surface area contributed by atoms with Gasteiger partial charge in [-0.25, -0.2) is 15.0 Å². The molecule has 4 heterocycles. The number of anilines is 1. The van der Waals surface area contributed by atoms with Crippen LogP contribution in [0.15, 0.2) is 49.2 Å². The highest BCUT2D eigenvalue weighted by atomic mass is 16.2. The van der Waals surface area contributed by atoms with E-state index in [4.69, 9.17) is 4.98 Å². The van der Waals surface area contributed by atoms with Gasteiger partial charge in [0, 0.05) is 64.0 Å². The highest BCUT2D eigenvalue weighted by Gasteiger charge is 2.27. The Morgan fingerprint density at radius 2 is 2.03 bits per heavy atom. The summed E-state index contributed by atoms with van der Waals surface area (Å²) in [6, 6.07) is 5.81. The number of carbonyl (C=O) groups is 1. The minimum atomic E-state index is 0.128. The number of pyridine rings is 1. The molecule has 1 atom stereocenters. The van der Waals surface area contributed by atoms with Crippen LogP contribution in [0.5, 0.6) is 0 Å². The van der Waals surface area contributed by atoms with Gasteiger partial charge in [0.2, 0.25) is 5.91 Å². The number of piperidine rings is 1. The van der Waals surface area contributed by atoms with Crippen molar-refractivity contribution in [3.8, 4) is 11.5 Å². The maximum absolute atomic E-state index is 12.8. The number of rotatable bonds is 5. The van der Waals surface area contributed by atoms with Crippen LogP contribution in [0.25, 0.3) is 11.5 Å². The Labute approximate surface area is 176 Å². The molecule has 8 nitrogen and oxygen atoms in total. The summed E-state index contributed by atoms with van der Waals surface area (Å²) >= 11 is 0. The number of hydrogen-bond donors (Lipinski definition) is 0. The summed E-state index contributed by atoms with van der Waals surface area (Å²) in [4.78, 5) is 38.8. The predicted octanol–water partition coefficient (Wildman–Crippen LogP) is 2.34. The molecule has 3 aromatic heterocycles. The second-order valence-electron chi connectivity index (χ2n) is 7.68. The normalized spacial score (nSPS) is 16.3. The molecule has 3 aromatic rings. The highest BCUT2D eigenvalue weighted by Crippen LogP contribution is 2.29. The van der Waals surface area contributed by atoms with Crippen LogP contribution in [0, 0.1) is 0 Å². The SMILES string of the molecule is CN(C)c1cc([C@@H]2CCCN(C(=O)Cc3cccnc3)C2)nc(-c2cnccn2)n1. The lowest BCUT2D eigenvalue weighted by Gasteiger charge is -2.33. The zero-order chi connectivity index (χ0) is 20.9. The molecule has 0 saturated carbocycles. The second-order valence-corrected chi connectivity index (χ2v) is 7.68. The third kappa shape index (κ3) is 4.59. The standard InChI is InChI=1S/C22H25N7O/c1-28(2)20-12-18(26-22(27-20)19-14-24-8-9-25-19)17-6-4-10-29(15-17)21(30)11-16-5-3-7-23-13-16/h3,5,7-9,12-14,17H,4,6,10-11,15H2,1-2H3/t17-/m1/s1. The van der Waals surface area contributed by atoms with Gasteiger partial charge in [-0.15, -0.1) is 0 Å². The molecular weight excluding hydrogens is 378 g/mol. The van der Waals surface area contributed by atoms with E-state index in [-0.39, 0.29) is 11.8 Å². The van der Waals surface area contributed by atoms with Crippen LogP contribution in [0.4, 0.5) is 5.82 Å². The summed E-state index contributed by atoms with van der Waals surface area (Å²) < 4.78 is 0. The van der Waals surface area contributed by atoms with Gasteiger partial charge in [-0.3, -0.25) is 14.8 Å². The van der Waals surface area contributed by atoms with Crippen molar-refractivity contribution in [2.24, 2.45) is 0 Å². The summed E-state index contributed by atoms with van der Waals surface area (Å²) in [7, 11) is 3.91. The van der Waals surface area contributed by atoms with Gasteiger partial charge in [0.1, 0.15) is 11.5 Å². The summed E-state index contributed by atoms with van der Waals surface area (Å²) in [5.74, 6) is 1.67. The number of aromatic nitrogens is 5. The Balaban J connectivity index is 1.56. The summed E-state index contributed by atoms with van der Waals surface area (Å²) in [6.07, 6.45) is 10.7. The summed E-state index contributed by atoms with van der Waals surface area (Å²) in [5.41, 5.74) is 2.52. The van der Waals surface area contributed by atoms with Crippen molar-refractivity contribution in [1.29, 1.82) is 0 Å². The Hall–Kier alpha value is -3.42. The third-order valence-corrected chi connectivity index (χ3v) is 5.25. The van der Waals surface area contributed by atoms with Crippen LogP contribution in [-0.4, -0.2) is 62.9 Å². The Morgan fingerprint density at radius 1 is 1.17 bits per heavy atom. The second kappa shape index (κ2) is 8.94. The van der Waals surface area contributed by atoms with Crippen molar-refractivity contribution in [2.75, 3.05) is 32.1 Å². The fourth-order valence-corrected chi connectivity index (χ4v) is 3.65. The number of amides is 1. The van der Waals surface area contributed by atoms with Crippen LogP contribution in [0.2, 0.25) is 0 Å². The quantitative estimate of drug-likeness (QED) is 0.646. The number of likely N-dealkylation sites (tertiary alicyclic amines) is 1. The van der Waals surface area contributed by atoms with Crippen molar-refractivity contribution in [2.45, 2.75) is 25.2 Å². The molecule has 0 N–H and O–H groups in total. The average molecular weight is 403 g/mol. The van der Waals surface area contributed by atoms with E-state index < -0.39 is 0 Å². The smallest absolute Gasteiger partial charge is 0.227 e. The molecule has 0 spiro atoms. The molecule has 0 bridgehead atoms. The first-order chi connectivity index (χ1) is 14.6. The zero-order valence-electron chi connectivity index (χ0n) is 17.3. The topological polar surface area (TPSA) is 88.0 Å². The van der Waals surface area contributed by atoms with Gasteiger partial charge in [0.05, 0.1) is 18.3 Å². The van der Waals surface area contributed by atoms with E-state index in [1.807, 2.05) is 42.1 Å². The Bertz CT molecular complexity index is 995. The van der Waals surface area contributed by atoms with Crippen molar-refractivity contribution < 1.29 is 4.79 Å². The van der Waals surface area contributed by atoms with E-state index in [9.17, 15) is 4.79 Å². The molecule has 0 aliphatic carbocycles. The number of nitrogens with zero attached hydrogens (tertiary/aromatic N) is 7. The van der Waals surface area contributed by atoms with Crippen molar-refractivity contribution in [1.82, 2.24) is 29.8 Å². The molecule has 0 aromatic carbocycles. The summed E-state index contributed by atoms with van der Waals surface area (Å²) in [5, 5.41) is 0. The Morgan fingerprint density at radius 3 is 2.77 bits per heavy atom. The van der Waals surface area contributed by atoms with E-state index in [1.54, 1.807) is 31.0 Å². The lowest BCUT2D eigenvalue weighted by Crippen LogP contribution is -2.40. The first-order valence-corrected chi connectivity index (χ1v) is 10.1. The molecule has 154 valence electrons. The van der Waals surface area contributed by atoms with E-state index in [0.29, 0.717) is 24.5 Å². The fourth-order valence-electron chi connectivity index (χ4n) is 3.65. The van der Waals surface area contributed by atoms with E-state index in [1.165, 1.54) is 0 Å². The molecule has 4 rings (SSSR count). The zero-order valence-corrected chi connectivity index (χ0v) is 17.3. The molecule has 0 unspecified atom stereocenters. The molecule has 1 aliphatic heterocycles. The average Bonchev–Trinajstić information content (AvgIpc) is 2.80. The van der Waals surface area contributed by atoms with Gasteiger partial charge in [0.25, 0.3) is 0 Å². The largest absolute Gasteiger partial charge is 0.363 e. The van der Waals surface area contributed by atoms with Crippen LogP contribution >= 0.6 is 0 Å². The molecule has 1 amide bonds. The molecule has 30 heavy (non-hydrogen) atoms. The predicted molar refractivity (Wildman–Crippen MR) is 114 cm³/mol. The lowest BCUT2D eigenvalue weighted by atomic mass is 9.94. The maximum atomic E-state index is 12.8. The van der Waals surface area contributed by atoms with E-state index in [0.717, 1.165) is 36.5 Å². The molecule has 0 radical (unpaired) electrons.